The second-order valence-corrected chi connectivity index (χ2v) is 6.42. The Hall–Kier alpha value is -1.31. The molecule has 2 nitrogen and oxygen atoms in total. The standard InChI is InChI=1S/C18H25NO/c1-2-17(14-8-4-3-5-9-14)18(20)19-12-15-10-6-7-11-16(15)13-19/h3-5,8-9,15-17H,2,6-7,10-13H2,1H3. The van der Waals surface area contributed by atoms with Crippen molar-refractivity contribution in [2.75, 3.05) is 13.1 Å². The number of benzene rings is 1. The largest absolute Gasteiger partial charge is 0.342 e. The fourth-order valence-corrected chi connectivity index (χ4v) is 4.04. The molecule has 108 valence electrons. The van der Waals surface area contributed by atoms with Crippen LogP contribution in [0.1, 0.15) is 50.5 Å². The maximum Gasteiger partial charge on any atom is 0.230 e. The molecule has 1 heterocycles. The van der Waals surface area contributed by atoms with Gasteiger partial charge in [0.1, 0.15) is 0 Å². The van der Waals surface area contributed by atoms with Gasteiger partial charge in [0, 0.05) is 13.1 Å². The molecule has 0 spiro atoms. The van der Waals surface area contributed by atoms with Gasteiger partial charge in [0.2, 0.25) is 5.91 Å². The number of fused-ring (bicyclic) bond motifs is 1. The predicted octanol–water partition coefficient (Wildman–Crippen LogP) is 3.83. The fourth-order valence-electron chi connectivity index (χ4n) is 4.04. The van der Waals surface area contributed by atoms with Crippen LogP contribution in [0.5, 0.6) is 0 Å². The number of nitrogens with zero attached hydrogens (tertiary/aromatic N) is 1. The van der Waals surface area contributed by atoms with Gasteiger partial charge in [-0.05, 0) is 36.7 Å². The molecular weight excluding hydrogens is 246 g/mol. The van der Waals surface area contributed by atoms with Gasteiger partial charge in [-0.2, -0.15) is 0 Å². The smallest absolute Gasteiger partial charge is 0.230 e. The Balaban J connectivity index is 1.71. The van der Waals surface area contributed by atoms with Gasteiger partial charge in [-0.1, -0.05) is 50.1 Å². The van der Waals surface area contributed by atoms with E-state index in [9.17, 15) is 4.79 Å². The Morgan fingerprint density at radius 1 is 1.15 bits per heavy atom. The lowest BCUT2D eigenvalue weighted by molar-refractivity contribution is -0.132. The van der Waals surface area contributed by atoms with Crippen LogP contribution in [0.25, 0.3) is 0 Å². The molecule has 1 amide bonds. The van der Waals surface area contributed by atoms with Crippen molar-refractivity contribution in [3.8, 4) is 0 Å². The summed E-state index contributed by atoms with van der Waals surface area (Å²) in [6.45, 7) is 4.14. The molecule has 1 aromatic carbocycles. The molecule has 1 aromatic rings. The molecule has 0 N–H and O–H groups in total. The first-order valence-electron chi connectivity index (χ1n) is 8.13. The molecule has 1 saturated heterocycles. The van der Waals surface area contributed by atoms with Crippen LogP contribution in [-0.4, -0.2) is 23.9 Å². The zero-order valence-electron chi connectivity index (χ0n) is 12.4. The fraction of sp³-hybridized carbons (Fsp3) is 0.611. The average molecular weight is 271 g/mol. The summed E-state index contributed by atoms with van der Waals surface area (Å²) in [5.74, 6) is 1.96. The molecule has 3 unspecified atom stereocenters. The third-order valence-electron chi connectivity index (χ3n) is 5.20. The van der Waals surface area contributed by atoms with Crippen molar-refractivity contribution in [1.82, 2.24) is 4.90 Å². The van der Waals surface area contributed by atoms with Crippen molar-refractivity contribution in [1.29, 1.82) is 0 Å². The second-order valence-electron chi connectivity index (χ2n) is 6.42. The van der Waals surface area contributed by atoms with Gasteiger partial charge in [-0.25, -0.2) is 0 Å². The zero-order chi connectivity index (χ0) is 13.9. The summed E-state index contributed by atoms with van der Waals surface area (Å²) in [4.78, 5) is 15.0. The highest BCUT2D eigenvalue weighted by Crippen LogP contribution is 2.37. The normalized spacial score (nSPS) is 27.1. The number of rotatable bonds is 3. The number of likely N-dealkylation sites (tertiary alicyclic amines) is 1. The Kier molecular flexibility index (Phi) is 4.09. The average Bonchev–Trinajstić information content (AvgIpc) is 2.93. The van der Waals surface area contributed by atoms with Crippen molar-refractivity contribution in [2.24, 2.45) is 11.8 Å². The summed E-state index contributed by atoms with van der Waals surface area (Å²) in [7, 11) is 0. The first kappa shape index (κ1) is 13.7. The van der Waals surface area contributed by atoms with Crippen LogP contribution in [0.4, 0.5) is 0 Å². The Morgan fingerprint density at radius 2 is 1.75 bits per heavy atom. The molecule has 2 heteroatoms. The number of amides is 1. The van der Waals surface area contributed by atoms with E-state index < -0.39 is 0 Å². The summed E-state index contributed by atoms with van der Waals surface area (Å²) in [6.07, 6.45) is 6.28. The second kappa shape index (κ2) is 5.99. The number of carbonyl (C=O) groups is 1. The number of hydrogen-bond donors (Lipinski definition) is 0. The summed E-state index contributed by atoms with van der Waals surface area (Å²) in [6, 6.07) is 10.3. The van der Waals surface area contributed by atoms with Crippen molar-refractivity contribution in [3.63, 3.8) is 0 Å². The van der Waals surface area contributed by atoms with E-state index in [2.05, 4.69) is 24.0 Å². The van der Waals surface area contributed by atoms with E-state index in [1.54, 1.807) is 0 Å². The van der Waals surface area contributed by atoms with Gasteiger partial charge < -0.3 is 4.90 Å². The summed E-state index contributed by atoms with van der Waals surface area (Å²) in [5, 5.41) is 0. The molecule has 3 rings (SSSR count). The maximum absolute atomic E-state index is 12.8. The quantitative estimate of drug-likeness (QED) is 0.818. The van der Waals surface area contributed by atoms with Crippen LogP contribution in [0.15, 0.2) is 30.3 Å². The van der Waals surface area contributed by atoms with E-state index >= 15 is 0 Å². The lowest BCUT2D eigenvalue weighted by Crippen LogP contribution is -2.33. The van der Waals surface area contributed by atoms with Crippen LogP contribution in [0.2, 0.25) is 0 Å². The minimum atomic E-state index is 0.0522. The topological polar surface area (TPSA) is 20.3 Å². The molecular formula is C18H25NO. The minimum Gasteiger partial charge on any atom is -0.342 e. The first-order valence-corrected chi connectivity index (χ1v) is 8.13. The molecule has 0 bridgehead atoms. The predicted molar refractivity (Wildman–Crippen MR) is 81.5 cm³/mol. The van der Waals surface area contributed by atoms with Gasteiger partial charge >= 0.3 is 0 Å². The first-order chi connectivity index (χ1) is 9.79. The van der Waals surface area contributed by atoms with Crippen LogP contribution in [0.3, 0.4) is 0 Å². The highest BCUT2D eigenvalue weighted by Gasteiger charge is 2.38. The molecule has 1 aliphatic carbocycles. The van der Waals surface area contributed by atoms with Crippen LogP contribution < -0.4 is 0 Å². The van der Waals surface area contributed by atoms with E-state index in [4.69, 9.17) is 0 Å². The highest BCUT2D eigenvalue weighted by molar-refractivity contribution is 5.84. The van der Waals surface area contributed by atoms with Crippen molar-refractivity contribution in [3.05, 3.63) is 35.9 Å². The Morgan fingerprint density at radius 3 is 2.30 bits per heavy atom. The SMILES string of the molecule is CCC(C(=O)N1CC2CCCCC2C1)c1ccccc1. The number of hydrogen-bond acceptors (Lipinski definition) is 1. The zero-order valence-corrected chi connectivity index (χ0v) is 12.4. The maximum atomic E-state index is 12.8. The highest BCUT2D eigenvalue weighted by atomic mass is 16.2. The van der Waals surface area contributed by atoms with E-state index in [0.29, 0.717) is 5.91 Å². The molecule has 0 aromatic heterocycles. The molecule has 1 saturated carbocycles. The van der Waals surface area contributed by atoms with Crippen molar-refractivity contribution >= 4 is 5.91 Å². The molecule has 1 aliphatic heterocycles. The molecule has 20 heavy (non-hydrogen) atoms. The van der Waals surface area contributed by atoms with Gasteiger partial charge in [-0.15, -0.1) is 0 Å². The van der Waals surface area contributed by atoms with Gasteiger partial charge in [-0.3, -0.25) is 4.79 Å². The Labute approximate surface area is 122 Å². The molecule has 2 fully saturated rings. The van der Waals surface area contributed by atoms with Gasteiger partial charge in [0.25, 0.3) is 0 Å². The van der Waals surface area contributed by atoms with E-state index in [0.717, 1.165) is 31.3 Å². The minimum absolute atomic E-state index is 0.0522. The lowest BCUT2D eigenvalue weighted by Gasteiger charge is -2.23. The Bertz CT molecular complexity index is 442. The van der Waals surface area contributed by atoms with Crippen LogP contribution in [-0.2, 0) is 4.79 Å². The molecule has 2 aliphatic rings. The van der Waals surface area contributed by atoms with Crippen LogP contribution in [0, 0.1) is 11.8 Å². The summed E-state index contributed by atoms with van der Waals surface area (Å²) < 4.78 is 0. The van der Waals surface area contributed by atoms with Crippen molar-refractivity contribution < 1.29 is 4.79 Å². The molecule has 0 radical (unpaired) electrons. The molecule has 3 atom stereocenters. The van der Waals surface area contributed by atoms with Crippen LogP contribution >= 0.6 is 0 Å². The van der Waals surface area contributed by atoms with E-state index in [1.807, 2.05) is 18.2 Å². The lowest BCUT2D eigenvalue weighted by atomic mass is 9.82. The third-order valence-corrected chi connectivity index (χ3v) is 5.20. The van der Waals surface area contributed by atoms with Gasteiger partial charge in [0.05, 0.1) is 5.92 Å². The third kappa shape index (κ3) is 2.61. The summed E-state index contributed by atoms with van der Waals surface area (Å²) in [5.41, 5.74) is 1.18. The monoisotopic (exact) mass is 271 g/mol. The van der Waals surface area contributed by atoms with Gasteiger partial charge in [0.15, 0.2) is 0 Å². The van der Waals surface area contributed by atoms with Crippen molar-refractivity contribution in [2.45, 2.75) is 44.9 Å². The van der Waals surface area contributed by atoms with E-state index in [-0.39, 0.29) is 5.92 Å². The summed E-state index contributed by atoms with van der Waals surface area (Å²) >= 11 is 0. The van der Waals surface area contributed by atoms with E-state index in [1.165, 1.54) is 31.2 Å². The number of carbonyl (C=O) groups excluding carboxylic acids is 1.